The fourth-order valence-electron chi connectivity index (χ4n) is 3.52. The van der Waals surface area contributed by atoms with Crippen molar-refractivity contribution in [3.8, 4) is 17.1 Å². The van der Waals surface area contributed by atoms with E-state index in [9.17, 15) is 4.39 Å². The van der Waals surface area contributed by atoms with Gasteiger partial charge in [-0.15, -0.1) is 0 Å². The molecule has 0 unspecified atom stereocenters. The van der Waals surface area contributed by atoms with Crippen LogP contribution in [-0.4, -0.2) is 52.5 Å². The van der Waals surface area contributed by atoms with E-state index < -0.39 is 0 Å². The molecule has 1 aliphatic rings. The summed E-state index contributed by atoms with van der Waals surface area (Å²) in [6.45, 7) is 10.2. The van der Waals surface area contributed by atoms with Crippen LogP contribution in [0.3, 0.4) is 0 Å². The summed E-state index contributed by atoms with van der Waals surface area (Å²) in [5.74, 6) is 1.08. The number of hydrogen-bond donors (Lipinski definition) is 0. The summed E-state index contributed by atoms with van der Waals surface area (Å²) in [4.78, 5) is 19.8. The first-order chi connectivity index (χ1) is 14.6. The Morgan fingerprint density at radius 2 is 1.90 bits per heavy atom. The van der Waals surface area contributed by atoms with Crippen LogP contribution in [0.2, 0.25) is 0 Å². The molecule has 1 saturated heterocycles. The van der Waals surface area contributed by atoms with E-state index in [4.69, 9.17) is 9.72 Å². The molecule has 0 spiro atoms. The van der Waals surface area contributed by atoms with Gasteiger partial charge in [0.15, 0.2) is 0 Å². The molecule has 154 valence electrons. The van der Waals surface area contributed by atoms with E-state index in [1.807, 2.05) is 18.4 Å². The number of nitrogens with zero attached hydrogens (tertiary/aromatic N) is 6. The Labute approximate surface area is 174 Å². The Morgan fingerprint density at radius 3 is 2.57 bits per heavy atom. The number of aliphatic imine (C=N–C) groups is 1. The molecular weight excluding hydrogens is 383 g/mol. The van der Waals surface area contributed by atoms with Crippen LogP contribution in [0.15, 0.2) is 41.8 Å². The van der Waals surface area contributed by atoms with Crippen molar-refractivity contribution in [2.45, 2.75) is 13.8 Å². The van der Waals surface area contributed by atoms with Crippen molar-refractivity contribution in [2.75, 3.05) is 31.2 Å². The molecule has 30 heavy (non-hydrogen) atoms. The highest BCUT2D eigenvalue weighted by molar-refractivity contribution is 5.64. The number of aromatic nitrogens is 4. The average molecular weight is 406 g/mol. The van der Waals surface area contributed by atoms with Gasteiger partial charge in [-0.3, -0.25) is 9.56 Å². The standard InChI is InChI=1S/C22H23FN6O/c1-15-12-18(23)4-5-20(15)29-16(2)19(6-7-24-3)27-21(29)17-13-25-22(26-14-17)28-8-10-30-11-9-28/h4-7,12-14H,3,8-11H2,1-2H3/b7-6-. The maximum atomic E-state index is 13.7. The number of morpholine rings is 1. The van der Waals surface area contributed by atoms with Gasteiger partial charge in [0.05, 0.1) is 30.2 Å². The van der Waals surface area contributed by atoms with Gasteiger partial charge in [-0.25, -0.2) is 19.3 Å². The second-order valence-corrected chi connectivity index (χ2v) is 7.04. The number of rotatable bonds is 5. The molecule has 1 fully saturated rings. The second-order valence-electron chi connectivity index (χ2n) is 7.04. The van der Waals surface area contributed by atoms with Gasteiger partial charge >= 0.3 is 0 Å². The quantitative estimate of drug-likeness (QED) is 0.606. The average Bonchev–Trinajstić information content (AvgIpc) is 3.09. The summed E-state index contributed by atoms with van der Waals surface area (Å²) in [7, 11) is 0. The largest absolute Gasteiger partial charge is 0.378 e. The zero-order valence-corrected chi connectivity index (χ0v) is 17.0. The number of hydrogen-bond acceptors (Lipinski definition) is 6. The highest BCUT2D eigenvalue weighted by Gasteiger charge is 2.19. The molecule has 0 N–H and O–H groups in total. The Bertz CT molecular complexity index is 1080. The molecule has 0 aliphatic carbocycles. The summed E-state index contributed by atoms with van der Waals surface area (Å²) in [5.41, 5.74) is 4.07. The van der Waals surface area contributed by atoms with Crippen LogP contribution in [0.25, 0.3) is 23.2 Å². The Morgan fingerprint density at radius 1 is 1.17 bits per heavy atom. The SMILES string of the molecule is C=N/C=C\c1nc(-c2cnc(N3CCOCC3)nc2)n(-c2ccc(F)cc2C)c1C. The lowest BCUT2D eigenvalue weighted by atomic mass is 10.1. The predicted octanol–water partition coefficient (Wildman–Crippen LogP) is 3.59. The number of ether oxygens (including phenoxy) is 1. The Kier molecular flexibility index (Phi) is 5.67. The molecule has 7 nitrogen and oxygen atoms in total. The molecular formula is C22H23FN6O. The van der Waals surface area contributed by atoms with Crippen LogP contribution in [-0.2, 0) is 4.74 Å². The zero-order chi connectivity index (χ0) is 21.1. The minimum atomic E-state index is -0.273. The summed E-state index contributed by atoms with van der Waals surface area (Å²) in [6, 6.07) is 4.72. The van der Waals surface area contributed by atoms with Gasteiger partial charge in [-0.1, -0.05) is 0 Å². The van der Waals surface area contributed by atoms with Gasteiger partial charge in [0.1, 0.15) is 11.6 Å². The molecule has 3 heterocycles. The lowest BCUT2D eigenvalue weighted by Gasteiger charge is -2.26. The zero-order valence-electron chi connectivity index (χ0n) is 17.0. The van der Waals surface area contributed by atoms with E-state index in [0.29, 0.717) is 25.0 Å². The normalized spacial score (nSPS) is 14.4. The lowest BCUT2D eigenvalue weighted by Crippen LogP contribution is -2.37. The number of imidazole rings is 1. The minimum absolute atomic E-state index is 0.273. The van der Waals surface area contributed by atoms with Crippen molar-refractivity contribution >= 4 is 18.7 Å². The molecule has 0 bridgehead atoms. The molecule has 1 aliphatic heterocycles. The van der Waals surface area contributed by atoms with Crippen molar-refractivity contribution in [3.05, 3.63) is 59.6 Å². The van der Waals surface area contributed by atoms with E-state index in [-0.39, 0.29) is 5.82 Å². The highest BCUT2D eigenvalue weighted by atomic mass is 19.1. The Balaban J connectivity index is 1.80. The van der Waals surface area contributed by atoms with Crippen molar-refractivity contribution < 1.29 is 9.13 Å². The molecule has 4 rings (SSSR count). The summed E-state index contributed by atoms with van der Waals surface area (Å²) >= 11 is 0. The molecule has 1 aromatic carbocycles. The fraction of sp³-hybridized carbons (Fsp3) is 0.273. The van der Waals surface area contributed by atoms with Gasteiger partial charge in [0, 0.05) is 37.4 Å². The van der Waals surface area contributed by atoms with E-state index in [1.165, 1.54) is 12.1 Å². The van der Waals surface area contributed by atoms with Crippen LogP contribution < -0.4 is 4.90 Å². The lowest BCUT2D eigenvalue weighted by molar-refractivity contribution is 0.122. The van der Waals surface area contributed by atoms with Crippen LogP contribution >= 0.6 is 0 Å². The van der Waals surface area contributed by atoms with E-state index in [1.54, 1.807) is 30.7 Å². The number of benzene rings is 1. The monoisotopic (exact) mass is 406 g/mol. The second kappa shape index (κ2) is 8.54. The van der Waals surface area contributed by atoms with E-state index in [0.717, 1.165) is 41.3 Å². The number of anilines is 1. The molecule has 0 atom stereocenters. The molecule has 3 aromatic rings. The van der Waals surface area contributed by atoms with Crippen molar-refractivity contribution in [2.24, 2.45) is 4.99 Å². The topological polar surface area (TPSA) is 68.4 Å². The molecule has 0 saturated carbocycles. The minimum Gasteiger partial charge on any atom is -0.378 e. The molecule has 0 radical (unpaired) electrons. The van der Waals surface area contributed by atoms with Gasteiger partial charge in [-0.05, 0) is 50.4 Å². The fourth-order valence-corrected chi connectivity index (χ4v) is 3.52. The third-order valence-electron chi connectivity index (χ3n) is 5.07. The van der Waals surface area contributed by atoms with Crippen molar-refractivity contribution in [3.63, 3.8) is 0 Å². The van der Waals surface area contributed by atoms with Crippen LogP contribution in [0.5, 0.6) is 0 Å². The molecule has 8 heteroatoms. The maximum absolute atomic E-state index is 13.7. The predicted molar refractivity (Wildman–Crippen MR) is 116 cm³/mol. The van der Waals surface area contributed by atoms with Gasteiger partial charge in [0.2, 0.25) is 5.95 Å². The first kappa shape index (κ1) is 19.9. The third kappa shape index (κ3) is 3.86. The Hall–Kier alpha value is -3.39. The van der Waals surface area contributed by atoms with E-state index >= 15 is 0 Å². The van der Waals surface area contributed by atoms with Crippen LogP contribution in [0, 0.1) is 19.7 Å². The van der Waals surface area contributed by atoms with Gasteiger partial charge in [-0.2, -0.15) is 0 Å². The summed E-state index contributed by atoms with van der Waals surface area (Å²) in [5, 5.41) is 0. The highest BCUT2D eigenvalue weighted by Crippen LogP contribution is 2.29. The molecule has 0 amide bonds. The van der Waals surface area contributed by atoms with Crippen LogP contribution in [0.4, 0.5) is 10.3 Å². The van der Waals surface area contributed by atoms with Crippen molar-refractivity contribution in [1.29, 1.82) is 0 Å². The number of halogens is 1. The smallest absolute Gasteiger partial charge is 0.225 e. The third-order valence-corrected chi connectivity index (χ3v) is 5.07. The molecule has 2 aromatic heterocycles. The first-order valence-electron chi connectivity index (χ1n) is 9.72. The van der Waals surface area contributed by atoms with Gasteiger partial charge < -0.3 is 9.64 Å². The van der Waals surface area contributed by atoms with Gasteiger partial charge in [0.25, 0.3) is 0 Å². The summed E-state index contributed by atoms with van der Waals surface area (Å²) < 4.78 is 21.1. The maximum Gasteiger partial charge on any atom is 0.225 e. The van der Waals surface area contributed by atoms with Crippen molar-refractivity contribution in [1.82, 2.24) is 19.5 Å². The summed E-state index contributed by atoms with van der Waals surface area (Å²) in [6.07, 6.45) is 6.94. The number of aryl methyl sites for hydroxylation is 1. The van der Waals surface area contributed by atoms with E-state index in [2.05, 4.69) is 26.6 Å². The van der Waals surface area contributed by atoms with Crippen LogP contribution in [0.1, 0.15) is 17.0 Å². The first-order valence-corrected chi connectivity index (χ1v) is 9.72.